The van der Waals surface area contributed by atoms with Gasteiger partial charge in [-0.3, -0.25) is 31.5 Å². The van der Waals surface area contributed by atoms with Gasteiger partial charge >= 0.3 is 0 Å². The maximum atomic E-state index is 7.20. The number of nitrogens with zero attached hydrogens (tertiary/aromatic N) is 14. The lowest BCUT2D eigenvalue weighted by molar-refractivity contribution is 0.671. The van der Waals surface area contributed by atoms with E-state index in [1.807, 2.05) is 18.2 Å². The third kappa shape index (κ3) is 9.76. The predicted molar refractivity (Wildman–Crippen MR) is 508 cm³/mol. The summed E-state index contributed by atoms with van der Waals surface area (Å²) in [5.41, 5.74) is 19.8. The molecule has 0 aliphatic rings. The second-order valence-corrected chi connectivity index (χ2v) is 39.6. The van der Waals surface area contributed by atoms with Gasteiger partial charge in [-0.1, -0.05) is 285 Å². The van der Waals surface area contributed by atoms with E-state index in [0.717, 1.165) is 186 Å². The fourth-order valence-corrected chi connectivity index (χ4v) is 29.6. The molecule has 0 spiro atoms. The fourth-order valence-electron chi connectivity index (χ4n) is 20.6. The molecular weight excluding hydrogens is 1570 g/mol. The molecule has 0 fully saturated rings. The van der Waals surface area contributed by atoms with Crippen LogP contribution in [0.2, 0.25) is 0 Å². The van der Waals surface area contributed by atoms with Crippen LogP contribution >= 0.6 is 0 Å². The molecule has 125 heavy (non-hydrogen) atoms. The topological polar surface area (TPSA) is 149 Å². The lowest BCUT2D eigenvalue weighted by atomic mass is 10.0. The highest BCUT2D eigenvalue weighted by atomic mass is 28.3. The summed E-state index contributed by atoms with van der Waals surface area (Å²) in [7, 11) is -7.49. The average Bonchev–Trinajstić information content (AvgIpc) is 1.61. The Morgan fingerprint density at radius 1 is 0.200 bits per heavy atom. The predicted octanol–water partition coefficient (Wildman–Crippen LogP) is 18.8. The molecule has 11 heterocycles. The van der Waals surface area contributed by atoms with Crippen LogP contribution in [0.1, 0.15) is 0 Å². The molecule has 16 nitrogen and oxygen atoms in total. The number of hydrogen-bond acceptors (Lipinski definition) is 9. The molecule has 0 radical (unpaired) electrons. The van der Waals surface area contributed by atoms with Crippen LogP contribution in [-0.2, 0) is 0 Å². The van der Waals surface area contributed by atoms with Crippen molar-refractivity contribution in [3.63, 3.8) is 0 Å². The van der Waals surface area contributed by atoms with E-state index in [1.165, 1.54) is 0 Å². The zero-order valence-electron chi connectivity index (χ0n) is 66.7. The molecule has 0 atom stereocenters. The second kappa shape index (κ2) is 26.4. The SMILES string of the molecule is c1ccc([Si](c2ccccc2)(c2nc(-n3c4ccccc4c4cc(-c5ccc6c(c5)nc5n(-c7cc(-n8c9ccccc9n9c%10ccccc%10nc89)nc([Si](c8ccccc8)(c8ccccc8)c8cccc9c8oc8ccccc89)n7)c7ccccc7n65)ccc43)cc(-n3c4ccccc4n4c5ccccc5nc34)n2)c2cccc3c2oc2ccccc23)cc1. The van der Waals surface area contributed by atoms with Crippen LogP contribution in [0.5, 0.6) is 0 Å². The quantitative estimate of drug-likeness (QED) is 0.0812. The Balaban J connectivity index is 0.685. The summed E-state index contributed by atoms with van der Waals surface area (Å²) in [4.78, 5) is 41.3. The van der Waals surface area contributed by atoms with Crippen molar-refractivity contribution in [1.29, 1.82) is 0 Å². The van der Waals surface area contributed by atoms with E-state index in [4.69, 9.17) is 43.7 Å². The van der Waals surface area contributed by atoms with Gasteiger partial charge in [-0.25, -0.2) is 34.9 Å². The Kier molecular flexibility index (Phi) is 14.6. The maximum absolute atomic E-state index is 7.20. The van der Waals surface area contributed by atoms with Gasteiger partial charge in [0.05, 0.1) is 77.2 Å². The van der Waals surface area contributed by atoms with Crippen LogP contribution in [0, 0.1) is 0 Å². The smallest absolute Gasteiger partial charge is 0.229 e. The summed E-state index contributed by atoms with van der Waals surface area (Å²) < 4.78 is 30.2. The summed E-state index contributed by atoms with van der Waals surface area (Å²) in [5, 5.41) is 12.7. The Labute approximate surface area is 712 Å². The zero-order valence-corrected chi connectivity index (χ0v) is 68.7. The number of fused-ring (bicyclic) bond motifs is 24. The van der Waals surface area contributed by atoms with Crippen LogP contribution < -0.4 is 42.0 Å². The highest BCUT2D eigenvalue weighted by Gasteiger charge is 2.50. The fraction of sp³-hybridized carbons (Fsp3) is 0. The van der Waals surface area contributed by atoms with Crippen LogP contribution in [0.4, 0.5) is 0 Å². The first kappa shape index (κ1) is 69.2. The van der Waals surface area contributed by atoms with E-state index in [2.05, 4.69) is 414 Å². The van der Waals surface area contributed by atoms with Crippen molar-refractivity contribution in [3.8, 4) is 34.4 Å². The Morgan fingerprint density at radius 3 is 0.944 bits per heavy atom. The van der Waals surface area contributed by atoms with E-state index < -0.39 is 16.1 Å². The molecule has 27 rings (SSSR count). The first-order valence-electron chi connectivity index (χ1n) is 42.0. The highest BCUT2D eigenvalue weighted by molar-refractivity contribution is 7.20. The van der Waals surface area contributed by atoms with Crippen molar-refractivity contribution in [2.45, 2.75) is 0 Å². The van der Waals surface area contributed by atoms with Gasteiger partial charge in [-0.2, -0.15) is 0 Å². The molecule has 0 aliphatic carbocycles. The van der Waals surface area contributed by atoms with E-state index in [9.17, 15) is 0 Å². The van der Waals surface area contributed by atoms with Crippen LogP contribution in [-0.4, -0.2) is 82.5 Å². The monoisotopic (exact) mass is 1630 g/mol. The molecule has 0 saturated heterocycles. The molecule has 11 aromatic heterocycles. The molecule has 0 saturated carbocycles. The molecule has 0 amide bonds. The molecule has 27 aromatic rings. The van der Waals surface area contributed by atoms with Crippen molar-refractivity contribution in [2.24, 2.45) is 0 Å². The lowest BCUT2D eigenvalue weighted by Crippen LogP contribution is -2.76. The van der Waals surface area contributed by atoms with Crippen molar-refractivity contribution < 1.29 is 8.83 Å². The number of imidazole rings is 6. The largest absolute Gasteiger partial charge is 0.456 e. The standard InChI is InChI=1S/C107H66N14O2Si2/c1-5-31-69(32-6-1)124(70-33-7-2-8-34-70,95-57-29-42-76-74-40-14-27-55-93(74)122-101(76)95)103-111-97(65-98(112-103)119-90-52-24-21-49-87(90)116-84-47-19-16-44-79(84)108-105(116)119)115-82-46-18-13-39-73(82)78-63-67(59-61-83(78)115)68-60-62-86-81(64-68)110-107-118(86)89-51-23-26-54-92(89)121(107)100-66-99(120-91-53-25-22-50-88(91)117-85-48-20-17-45-80(85)109-106(117)120)113-104(114-100)125(71-35-9-3-10-36-71,72-37-11-4-12-38-72)96-58-30-43-77-75-41-15-28-56-94(75)123-102(77)96/h1-66H. The minimum atomic E-state index is -3.76. The molecule has 0 bridgehead atoms. The number of aromatic nitrogens is 14. The van der Waals surface area contributed by atoms with Crippen LogP contribution in [0.15, 0.2) is 409 Å². The van der Waals surface area contributed by atoms with Gasteiger partial charge in [0.25, 0.3) is 0 Å². The van der Waals surface area contributed by atoms with Crippen molar-refractivity contribution >= 4 is 207 Å². The van der Waals surface area contributed by atoms with Gasteiger partial charge < -0.3 is 8.83 Å². The Bertz CT molecular complexity index is 9090. The van der Waals surface area contributed by atoms with Crippen molar-refractivity contribution in [3.05, 3.63) is 400 Å². The second-order valence-electron chi connectivity index (χ2n) is 32.3. The number of hydrogen-bond donors (Lipinski definition) is 0. The van der Waals surface area contributed by atoms with Gasteiger partial charge in [0.2, 0.25) is 33.5 Å². The maximum Gasteiger partial charge on any atom is 0.229 e. The summed E-state index contributed by atoms with van der Waals surface area (Å²) in [5.74, 6) is 4.78. The zero-order chi connectivity index (χ0) is 81.7. The van der Waals surface area contributed by atoms with E-state index in [0.29, 0.717) is 39.9 Å². The third-order valence-corrected chi connectivity index (χ3v) is 34.8. The molecule has 16 aromatic carbocycles. The van der Waals surface area contributed by atoms with Gasteiger partial charge in [-0.05, 0) is 135 Å². The first-order valence-corrected chi connectivity index (χ1v) is 46.0. The number of furan rings is 2. The summed E-state index contributed by atoms with van der Waals surface area (Å²) in [6.45, 7) is 0. The van der Waals surface area contributed by atoms with E-state index >= 15 is 0 Å². The van der Waals surface area contributed by atoms with Gasteiger partial charge in [-0.15, -0.1) is 0 Å². The first-order chi connectivity index (χ1) is 62.0. The Morgan fingerprint density at radius 2 is 0.512 bits per heavy atom. The molecule has 0 unspecified atom stereocenters. The average molecular weight is 1640 g/mol. The Hall–Kier alpha value is -16.7. The molecule has 584 valence electrons. The number of rotatable bonds is 13. The van der Waals surface area contributed by atoms with Crippen molar-refractivity contribution in [1.82, 2.24) is 66.4 Å². The summed E-state index contributed by atoms with van der Waals surface area (Å²) in [6, 6.07) is 142. The number of para-hydroxylation sites is 15. The lowest BCUT2D eigenvalue weighted by Gasteiger charge is -2.32. The highest BCUT2D eigenvalue weighted by Crippen LogP contribution is 2.41. The molecular formula is C107H66N14O2Si2. The summed E-state index contributed by atoms with van der Waals surface area (Å²) in [6.07, 6.45) is 0. The minimum absolute atomic E-state index is 0.630. The minimum Gasteiger partial charge on any atom is -0.456 e. The molecule has 18 heteroatoms. The third-order valence-electron chi connectivity index (χ3n) is 25.8. The van der Waals surface area contributed by atoms with Crippen LogP contribution in [0.25, 0.3) is 184 Å². The number of benzene rings is 16. The molecule has 0 N–H and O–H groups in total. The van der Waals surface area contributed by atoms with Gasteiger partial charge in [0, 0.05) is 54.8 Å². The van der Waals surface area contributed by atoms with Crippen LogP contribution in [0.3, 0.4) is 0 Å². The van der Waals surface area contributed by atoms with Gasteiger partial charge in [0.1, 0.15) is 56.5 Å². The van der Waals surface area contributed by atoms with E-state index in [-0.39, 0.29) is 0 Å². The molecule has 0 aliphatic heterocycles. The normalized spacial score (nSPS) is 12.5. The summed E-state index contributed by atoms with van der Waals surface area (Å²) >= 11 is 0. The van der Waals surface area contributed by atoms with Gasteiger partial charge in [0.15, 0.2) is 0 Å². The van der Waals surface area contributed by atoms with E-state index in [1.54, 1.807) is 0 Å². The van der Waals surface area contributed by atoms with Crippen molar-refractivity contribution in [2.75, 3.05) is 0 Å².